The van der Waals surface area contributed by atoms with Crippen molar-refractivity contribution in [2.75, 3.05) is 13.7 Å². The molecule has 114 valence electrons. The predicted molar refractivity (Wildman–Crippen MR) is 84.8 cm³/mol. The fourth-order valence-corrected chi connectivity index (χ4v) is 2.41. The van der Waals surface area contributed by atoms with E-state index in [0.29, 0.717) is 30.9 Å². The summed E-state index contributed by atoms with van der Waals surface area (Å²) in [4.78, 5) is 0. The number of rotatable bonds is 7. The van der Waals surface area contributed by atoms with Gasteiger partial charge in [-0.15, -0.1) is 10.2 Å². The van der Waals surface area contributed by atoms with Gasteiger partial charge in [0, 0.05) is 17.6 Å². The highest BCUT2D eigenvalue weighted by Crippen LogP contribution is 2.26. The Morgan fingerprint density at radius 3 is 2.71 bits per heavy atom. The summed E-state index contributed by atoms with van der Waals surface area (Å²) < 4.78 is 11.8. The second kappa shape index (κ2) is 7.68. The van der Waals surface area contributed by atoms with Crippen molar-refractivity contribution >= 4 is 15.9 Å². The molecular weight excluding hydrogens is 334 g/mol. The Morgan fingerprint density at radius 1 is 1.29 bits per heavy atom. The molecule has 6 heteroatoms. The molecule has 1 heterocycles. The van der Waals surface area contributed by atoms with Gasteiger partial charge in [-0.05, 0) is 34.0 Å². The van der Waals surface area contributed by atoms with Crippen LogP contribution in [0.25, 0.3) is 11.5 Å². The zero-order valence-electron chi connectivity index (χ0n) is 12.5. The molecule has 1 atom stereocenters. The van der Waals surface area contributed by atoms with Crippen LogP contribution in [0.15, 0.2) is 33.2 Å². The van der Waals surface area contributed by atoms with Crippen LogP contribution in [0.3, 0.4) is 0 Å². The number of hydrogen-bond donors (Lipinski definition) is 1. The monoisotopic (exact) mass is 353 g/mol. The van der Waals surface area contributed by atoms with E-state index in [9.17, 15) is 0 Å². The Labute approximate surface area is 133 Å². The molecule has 0 aliphatic rings. The molecule has 0 radical (unpaired) electrons. The van der Waals surface area contributed by atoms with E-state index in [2.05, 4.69) is 45.3 Å². The van der Waals surface area contributed by atoms with Crippen LogP contribution in [-0.4, -0.2) is 30.0 Å². The van der Waals surface area contributed by atoms with Gasteiger partial charge in [0.1, 0.15) is 0 Å². The molecular formula is C15H20BrN3O2. The van der Waals surface area contributed by atoms with Gasteiger partial charge in [0.25, 0.3) is 0 Å². The maximum Gasteiger partial charge on any atom is 0.248 e. The Morgan fingerprint density at radius 2 is 2.05 bits per heavy atom. The van der Waals surface area contributed by atoms with Crippen molar-refractivity contribution in [1.29, 1.82) is 0 Å². The van der Waals surface area contributed by atoms with E-state index in [0.717, 1.165) is 10.0 Å². The molecule has 1 aromatic heterocycles. The highest BCUT2D eigenvalue weighted by atomic mass is 79.9. The first-order valence-electron chi connectivity index (χ1n) is 6.91. The van der Waals surface area contributed by atoms with E-state index in [1.165, 1.54) is 0 Å². The summed E-state index contributed by atoms with van der Waals surface area (Å²) in [7, 11) is 1.70. The molecule has 0 amide bonds. The van der Waals surface area contributed by atoms with Crippen molar-refractivity contribution in [1.82, 2.24) is 15.5 Å². The van der Waals surface area contributed by atoms with Crippen molar-refractivity contribution in [3.05, 3.63) is 34.6 Å². The molecule has 21 heavy (non-hydrogen) atoms. The first-order chi connectivity index (χ1) is 10.1. The van der Waals surface area contributed by atoms with Gasteiger partial charge in [0.05, 0.1) is 18.7 Å². The topological polar surface area (TPSA) is 60.2 Å². The summed E-state index contributed by atoms with van der Waals surface area (Å²) >= 11 is 3.48. The Balaban J connectivity index is 2.02. The number of ether oxygens (including phenoxy) is 1. The smallest absolute Gasteiger partial charge is 0.248 e. The van der Waals surface area contributed by atoms with Gasteiger partial charge >= 0.3 is 0 Å². The van der Waals surface area contributed by atoms with Gasteiger partial charge in [-0.2, -0.15) is 0 Å². The third kappa shape index (κ3) is 4.36. The normalized spacial score (nSPS) is 12.8. The van der Waals surface area contributed by atoms with Crippen LogP contribution in [0.1, 0.15) is 19.7 Å². The molecule has 0 spiro atoms. The minimum atomic E-state index is 0.258. The fourth-order valence-electron chi connectivity index (χ4n) is 1.95. The summed E-state index contributed by atoms with van der Waals surface area (Å²) in [6, 6.07) is 8.04. The van der Waals surface area contributed by atoms with Crippen LogP contribution >= 0.6 is 15.9 Å². The van der Waals surface area contributed by atoms with Gasteiger partial charge in [-0.3, -0.25) is 0 Å². The molecule has 0 aliphatic heterocycles. The van der Waals surface area contributed by atoms with E-state index in [1.54, 1.807) is 7.11 Å². The number of halogens is 1. The maximum absolute atomic E-state index is 5.70. The molecule has 0 aliphatic carbocycles. The Kier molecular flexibility index (Phi) is 5.90. The number of aromatic nitrogens is 2. The van der Waals surface area contributed by atoms with Gasteiger partial charge in [-0.1, -0.05) is 26.0 Å². The third-order valence-corrected chi connectivity index (χ3v) is 3.93. The summed E-state index contributed by atoms with van der Waals surface area (Å²) in [5.74, 6) is 1.56. The molecule has 5 nitrogen and oxygen atoms in total. The summed E-state index contributed by atoms with van der Waals surface area (Å²) in [5, 5.41) is 11.6. The van der Waals surface area contributed by atoms with Crippen molar-refractivity contribution in [3.8, 4) is 11.5 Å². The molecule has 0 bridgehead atoms. The van der Waals surface area contributed by atoms with E-state index < -0.39 is 0 Å². The number of methoxy groups -OCH3 is 1. The van der Waals surface area contributed by atoms with Crippen LogP contribution in [0, 0.1) is 5.92 Å². The number of hydrogen-bond acceptors (Lipinski definition) is 5. The second-order valence-electron chi connectivity index (χ2n) is 5.17. The van der Waals surface area contributed by atoms with Crippen molar-refractivity contribution < 1.29 is 9.15 Å². The maximum atomic E-state index is 5.70. The zero-order chi connectivity index (χ0) is 15.2. The highest BCUT2D eigenvalue weighted by Gasteiger charge is 2.15. The quantitative estimate of drug-likeness (QED) is 0.827. The SMILES string of the molecule is COCC(NCc1nnc(-c2ccccc2Br)o1)C(C)C. The van der Waals surface area contributed by atoms with Crippen molar-refractivity contribution in [3.63, 3.8) is 0 Å². The largest absolute Gasteiger partial charge is 0.419 e. The molecule has 2 aromatic rings. The molecule has 2 rings (SSSR count). The molecule has 0 saturated carbocycles. The van der Waals surface area contributed by atoms with Crippen LogP contribution in [0.4, 0.5) is 0 Å². The predicted octanol–water partition coefficient (Wildman–Crippen LogP) is 3.26. The molecule has 1 N–H and O–H groups in total. The first kappa shape index (κ1) is 16.1. The lowest BCUT2D eigenvalue weighted by molar-refractivity contribution is 0.145. The average Bonchev–Trinajstić information content (AvgIpc) is 2.92. The Hall–Kier alpha value is -1.24. The van der Waals surface area contributed by atoms with E-state index in [1.807, 2.05) is 24.3 Å². The minimum Gasteiger partial charge on any atom is -0.419 e. The van der Waals surface area contributed by atoms with Crippen molar-refractivity contribution in [2.45, 2.75) is 26.4 Å². The van der Waals surface area contributed by atoms with Gasteiger partial charge in [-0.25, -0.2) is 0 Å². The number of benzene rings is 1. The lowest BCUT2D eigenvalue weighted by Crippen LogP contribution is -2.37. The lowest BCUT2D eigenvalue weighted by Gasteiger charge is -2.20. The third-order valence-electron chi connectivity index (χ3n) is 3.24. The van der Waals surface area contributed by atoms with Crippen LogP contribution in [0.5, 0.6) is 0 Å². The summed E-state index contributed by atoms with van der Waals surface area (Å²) in [5.41, 5.74) is 0.897. The highest BCUT2D eigenvalue weighted by molar-refractivity contribution is 9.10. The van der Waals surface area contributed by atoms with Gasteiger partial charge in [0.2, 0.25) is 11.8 Å². The minimum absolute atomic E-state index is 0.258. The molecule has 0 fully saturated rings. The van der Waals surface area contributed by atoms with E-state index in [4.69, 9.17) is 9.15 Å². The van der Waals surface area contributed by atoms with E-state index in [-0.39, 0.29) is 6.04 Å². The van der Waals surface area contributed by atoms with Crippen LogP contribution in [0.2, 0.25) is 0 Å². The van der Waals surface area contributed by atoms with Gasteiger partial charge < -0.3 is 14.5 Å². The number of nitrogens with zero attached hydrogens (tertiary/aromatic N) is 2. The summed E-state index contributed by atoms with van der Waals surface area (Å²) in [6.45, 7) is 5.49. The fraction of sp³-hybridized carbons (Fsp3) is 0.467. The molecule has 1 unspecified atom stereocenters. The molecule has 0 saturated heterocycles. The lowest BCUT2D eigenvalue weighted by atomic mass is 10.1. The standard InChI is InChI=1S/C15H20BrN3O2/c1-10(2)13(9-20-3)17-8-14-18-19-15(21-14)11-6-4-5-7-12(11)16/h4-7,10,13,17H,8-9H2,1-3H3. The van der Waals surface area contributed by atoms with E-state index >= 15 is 0 Å². The molecule has 1 aromatic carbocycles. The van der Waals surface area contributed by atoms with Gasteiger partial charge in [0.15, 0.2) is 0 Å². The van der Waals surface area contributed by atoms with Crippen LogP contribution in [-0.2, 0) is 11.3 Å². The Bertz CT molecular complexity index is 572. The van der Waals surface area contributed by atoms with Crippen LogP contribution < -0.4 is 5.32 Å². The first-order valence-corrected chi connectivity index (χ1v) is 7.70. The average molecular weight is 354 g/mol. The van der Waals surface area contributed by atoms with Crippen molar-refractivity contribution in [2.24, 2.45) is 5.92 Å². The zero-order valence-corrected chi connectivity index (χ0v) is 14.1. The summed E-state index contributed by atoms with van der Waals surface area (Å²) in [6.07, 6.45) is 0. The second-order valence-corrected chi connectivity index (χ2v) is 6.02. The number of nitrogens with one attached hydrogen (secondary N) is 1.